The Morgan fingerprint density at radius 2 is 2.54 bits per heavy atom. The minimum Gasteiger partial charge on any atom is -0.476 e. The van der Waals surface area contributed by atoms with Crippen LogP contribution in [-0.2, 0) is 11.3 Å². The van der Waals surface area contributed by atoms with E-state index in [-0.39, 0.29) is 0 Å². The Balaban J connectivity index is 2.84. The van der Waals surface area contributed by atoms with Gasteiger partial charge in [0.1, 0.15) is 0 Å². The number of hydrogen-bond acceptors (Lipinski definition) is 2. The van der Waals surface area contributed by atoms with Gasteiger partial charge in [0.2, 0.25) is 5.83 Å². The van der Waals surface area contributed by atoms with Gasteiger partial charge >= 0.3 is 5.97 Å². The van der Waals surface area contributed by atoms with Crippen LogP contribution in [-0.4, -0.2) is 20.9 Å². The first-order valence-electron chi connectivity index (χ1n) is 3.76. The topological polar surface area (TPSA) is 55.1 Å². The van der Waals surface area contributed by atoms with Gasteiger partial charge in [-0.05, 0) is 13.0 Å². The molecule has 0 amide bonds. The molecule has 1 aromatic rings. The Labute approximate surface area is 74.3 Å². The predicted octanol–water partition coefficient (Wildman–Crippen LogP) is 1.30. The molecule has 70 valence electrons. The average molecular weight is 184 g/mol. The lowest BCUT2D eigenvalue weighted by Crippen LogP contribution is -1.94. The molecule has 0 aliphatic carbocycles. The van der Waals surface area contributed by atoms with E-state index in [2.05, 4.69) is 5.10 Å². The van der Waals surface area contributed by atoms with E-state index in [1.165, 1.54) is 6.20 Å². The van der Waals surface area contributed by atoms with Crippen LogP contribution in [0, 0.1) is 0 Å². The van der Waals surface area contributed by atoms with Crippen LogP contribution in [0.3, 0.4) is 0 Å². The number of halogens is 1. The Bertz CT molecular complexity index is 344. The van der Waals surface area contributed by atoms with Crippen molar-refractivity contribution in [1.29, 1.82) is 0 Å². The summed E-state index contributed by atoms with van der Waals surface area (Å²) in [6.07, 6.45) is 3.91. The normalized spacial score (nSPS) is 11.7. The summed E-state index contributed by atoms with van der Waals surface area (Å²) in [6, 6.07) is 0. The second kappa shape index (κ2) is 3.84. The van der Waals surface area contributed by atoms with Crippen LogP contribution in [0.5, 0.6) is 0 Å². The van der Waals surface area contributed by atoms with Crippen LogP contribution >= 0.6 is 0 Å². The zero-order chi connectivity index (χ0) is 9.84. The van der Waals surface area contributed by atoms with Crippen molar-refractivity contribution in [3.63, 3.8) is 0 Å². The minimum atomic E-state index is -1.57. The average Bonchev–Trinajstić information content (AvgIpc) is 2.52. The van der Waals surface area contributed by atoms with Crippen LogP contribution in [0.1, 0.15) is 12.5 Å². The van der Waals surface area contributed by atoms with Gasteiger partial charge in [0.05, 0.1) is 6.20 Å². The molecule has 1 heterocycles. The molecule has 0 atom stereocenters. The van der Waals surface area contributed by atoms with Crippen LogP contribution in [0.4, 0.5) is 4.39 Å². The van der Waals surface area contributed by atoms with Crippen molar-refractivity contribution in [2.75, 3.05) is 0 Å². The van der Waals surface area contributed by atoms with E-state index in [1.807, 2.05) is 6.92 Å². The Kier molecular flexibility index (Phi) is 2.79. The summed E-state index contributed by atoms with van der Waals surface area (Å²) in [7, 11) is 0. The van der Waals surface area contributed by atoms with E-state index < -0.39 is 11.8 Å². The first-order chi connectivity index (χ1) is 6.13. The molecule has 0 saturated heterocycles. The summed E-state index contributed by atoms with van der Waals surface area (Å²) in [5.74, 6) is -2.75. The molecular formula is C8H9FN2O2. The Hall–Kier alpha value is -1.65. The highest BCUT2D eigenvalue weighted by molar-refractivity contribution is 5.89. The van der Waals surface area contributed by atoms with E-state index >= 15 is 0 Å². The summed E-state index contributed by atoms with van der Waals surface area (Å²) in [4.78, 5) is 10.1. The fourth-order valence-corrected chi connectivity index (χ4v) is 0.835. The Morgan fingerprint density at radius 3 is 3.00 bits per heavy atom. The second-order valence-corrected chi connectivity index (χ2v) is 2.43. The van der Waals surface area contributed by atoms with Gasteiger partial charge in [-0.1, -0.05) is 0 Å². The van der Waals surface area contributed by atoms with Crippen molar-refractivity contribution in [3.05, 3.63) is 23.8 Å². The van der Waals surface area contributed by atoms with Crippen LogP contribution < -0.4 is 0 Å². The smallest absolute Gasteiger partial charge is 0.364 e. The fourth-order valence-electron chi connectivity index (χ4n) is 0.835. The highest BCUT2D eigenvalue weighted by Crippen LogP contribution is 2.06. The number of aryl methyl sites for hydroxylation is 1. The third-order valence-corrected chi connectivity index (χ3v) is 1.47. The summed E-state index contributed by atoms with van der Waals surface area (Å²) in [6.45, 7) is 2.55. The third kappa shape index (κ3) is 2.40. The molecule has 0 unspecified atom stereocenters. The van der Waals surface area contributed by atoms with Gasteiger partial charge in [0, 0.05) is 18.3 Å². The van der Waals surface area contributed by atoms with Crippen molar-refractivity contribution in [2.24, 2.45) is 0 Å². The number of rotatable bonds is 3. The van der Waals surface area contributed by atoms with Gasteiger partial charge in [-0.3, -0.25) is 4.68 Å². The first-order valence-corrected chi connectivity index (χ1v) is 3.76. The maximum Gasteiger partial charge on any atom is 0.364 e. The molecule has 0 aliphatic rings. The first kappa shape index (κ1) is 9.44. The van der Waals surface area contributed by atoms with E-state index in [0.717, 1.165) is 6.08 Å². The van der Waals surface area contributed by atoms with Gasteiger partial charge in [-0.2, -0.15) is 9.49 Å². The maximum absolute atomic E-state index is 12.5. The van der Waals surface area contributed by atoms with Gasteiger partial charge in [-0.25, -0.2) is 4.79 Å². The number of carboxylic acid groups (broad SMARTS) is 1. The largest absolute Gasteiger partial charge is 0.476 e. The number of carboxylic acids is 1. The monoisotopic (exact) mass is 184 g/mol. The molecular weight excluding hydrogens is 175 g/mol. The second-order valence-electron chi connectivity index (χ2n) is 2.43. The number of aromatic nitrogens is 2. The van der Waals surface area contributed by atoms with E-state index in [1.54, 1.807) is 10.9 Å². The lowest BCUT2D eigenvalue weighted by molar-refractivity contribution is -0.134. The van der Waals surface area contributed by atoms with Gasteiger partial charge in [-0.15, -0.1) is 0 Å². The van der Waals surface area contributed by atoms with E-state index in [0.29, 0.717) is 12.1 Å². The molecule has 1 rings (SSSR count). The van der Waals surface area contributed by atoms with Gasteiger partial charge in [0.15, 0.2) is 0 Å². The van der Waals surface area contributed by atoms with Crippen LogP contribution in [0.25, 0.3) is 6.08 Å². The zero-order valence-corrected chi connectivity index (χ0v) is 7.07. The number of hydrogen-bond donors (Lipinski definition) is 1. The Morgan fingerprint density at radius 1 is 1.85 bits per heavy atom. The van der Waals surface area contributed by atoms with E-state index in [9.17, 15) is 9.18 Å². The van der Waals surface area contributed by atoms with E-state index in [4.69, 9.17) is 5.11 Å². The van der Waals surface area contributed by atoms with Crippen molar-refractivity contribution in [1.82, 2.24) is 9.78 Å². The van der Waals surface area contributed by atoms with Gasteiger partial charge < -0.3 is 5.11 Å². The van der Waals surface area contributed by atoms with Crippen molar-refractivity contribution in [3.8, 4) is 0 Å². The standard InChI is InChI=1S/C8H9FN2O2/c1-2-11-5-6(4-10-11)3-7(9)8(12)13/h3-5H,2H2,1H3,(H,12,13)/b7-3+. The molecule has 0 aromatic carbocycles. The third-order valence-electron chi connectivity index (χ3n) is 1.47. The van der Waals surface area contributed by atoms with Crippen molar-refractivity contribution < 1.29 is 14.3 Å². The molecule has 4 nitrogen and oxygen atoms in total. The number of nitrogens with zero attached hydrogens (tertiary/aromatic N) is 2. The zero-order valence-electron chi connectivity index (χ0n) is 7.07. The van der Waals surface area contributed by atoms with Crippen LogP contribution in [0.15, 0.2) is 18.2 Å². The molecule has 0 fully saturated rings. The molecule has 0 radical (unpaired) electrons. The van der Waals surface area contributed by atoms with Gasteiger partial charge in [0.25, 0.3) is 0 Å². The summed E-state index contributed by atoms with van der Waals surface area (Å²) < 4.78 is 14.1. The number of aliphatic carboxylic acids is 1. The lowest BCUT2D eigenvalue weighted by Gasteiger charge is -1.89. The summed E-state index contributed by atoms with van der Waals surface area (Å²) in [5, 5.41) is 12.1. The molecule has 13 heavy (non-hydrogen) atoms. The highest BCUT2D eigenvalue weighted by Gasteiger charge is 2.05. The fraction of sp³-hybridized carbons (Fsp3) is 0.250. The maximum atomic E-state index is 12.5. The van der Waals surface area contributed by atoms with Crippen LogP contribution in [0.2, 0.25) is 0 Å². The molecule has 0 aliphatic heterocycles. The van der Waals surface area contributed by atoms with Crippen molar-refractivity contribution in [2.45, 2.75) is 13.5 Å². The molecule has 0 saturated carbocycles. The summed E-state index contributed by atoms with van der Waals surface area (Å²) >= 11 is 0. The predicted molar refractivity (Wildman–Crippen MR) is 44.6 cm³/mol. The molecule has 1 aromatic heterocycles. The quantitative estimate of drug-likeness (QED) is 0.720. The molecule has 0 bridgehead atoms. The minimum absolute atomic E-state index is 0.446. The van der Waals surface area contributed by atoms with Crippen molar-refractivity contribution >= 4 is 12.0 Å². The SMILES string of the molecule is CCn1cc(/C=C(/F)C(=O)O)cn1. The summed E-state index contributed by atoms with van der Waals surface area (Å²) in [5.41, 5.74) is 0.446. The molecule has 1 N–H and O–H groups in total. The molecule has 0 spiro atoms. The number of carbonyl (C=O) groups is 1. The lowest BCUT2D eigenvalue weighted by atomic mass is 10.3. The molecule has 5 heteroatoms. The highest BCUT2D eigenvalue weighted by atomic mass is 19.1.